The van der Waals surface area contributed by atoms with Crippen LogP contribution in [-0.2, 0) is 18.4 Å². The fourth-order valence-corrected chi connectivity index (χ4v) is 3.99. The largest absolute Gasteiger partial charge is 0.493 e. The zero-order valence-corrected chi connectivity index (χ0v) is 20.1. The molecule has 4 rings (SSSR count). The second-order valence-electron chi connectivity index (χ2n) is 9.16. The van der Waals surface area contributed by atoms with Gasteiger partial charge in [-0.25, -0.2) is 4.98 Å². The summed E-state index contributed by atoms with van der Waals surface area (Å²) in [5.74, 6) is 3.32. The van der Waals surface area contributed by atoms with E-state index in [2.05, 4.69) is 67.8 Å². The van der Waals surface area contributed by atoms with Crippen LogP contribution >= 0.6 is 0 Å². The molecule has 172 valence electrons. The summed E-state index contributed by atoms with van der Waals surface area (Å²) in [7, 11) is 3.30. The number of imidazole rings is 1. The molecule has 5 heteroatoms. The molecule has 4 aromatic rings. The highest BCUT2D eigenvalue weighted by Crippen LogP contribution is 2.29. The highest BCUT2D eigenvalue weighted by atomic mass is 16.5. The molecule has 0 fully saturated rings. The van der Waals surface area contributed by atoms with Gasteiger partial charge in [-0.05, 0) is 52.9 Å². The summed E-state index contributed by atoms with van der Waals surface area (Å²) in [6, 6.07) is 22.6. The van der Waals surface area contributed by atoms with E-state index in [0.717, 1.165) is 39.7 Å². The van der Waals surface area contributed by atoms with Gasteiger partial charge < -0.3 is 18.8 Å². The topological polar surface area (TPSA) is 45.5 Å². The molecule has 5 nitrogen and oxygen atoms in total. The summed E-state index contributed by atoms with van der Waals surface area (Å²) in [4.78, 5) is 4.91. The first-order valence-electron chi connectivity index (χ1n) is 11.3. The van der Waals surface area contributed by atoms with Crippen LogP contribution in [0.1, 0.15) is 37.7 Å². The third-order valence-corrected chi connectivity index (χ3v) is 5.85. The smallest absolute Gasteiger partial charge is 0.161 e. The minimum absolute atomic E-state index is 0.132. The molecule has 0 atom stereocenters. The van der Waals surface area contributed by atoms with Crippen LogP contribution in [0.3, 0.4) is 0 Å². The van der Waals surface area contributed by atoms with Crippen LogP contribution in [0.5, 0.6) is 17.2 Å². The van der Waals surface area contributed by atoms with Gasteiger partial charge in [0.1, 0.15) is 18.2 Å². The van der Waals surface area contributed by atoms with Gasteiger partial charge in [-0.1, -0.05) is 51.1 Å². The molecule has 0 N–H and O–H groups in total. The van der Waals surface area contributed by atoms with Crippen LogP contribution in [0.2, 0.25) is 0 Å². The molecular formula is C28H32N2O3. The Morgan fingerprint density at radius 2 is 1.58 bits per heavy atom. The van der Waals surface area contributed by atoms with Gasteiger partial charge in [0, 0.05) is 6.42 Å². The van der Waals surface area contributed by atoms with Crippen molar-refractivity contribution in [2.45, 2.75) is 39.2 Å². The van der Waals surface area contributed by atoms with E-state index >= 15 is 0 Å². The molecule has 0 spiro atoms. The molecule has 0 aliphatic carbocycles. The van der Waals surface area contributed by atoms with Crippen molar-refractivity contribution in [3.05, 3.63) is 83.7 Å². The molecule has 0 bridgehead atoms. The van der Waals surface area contributed by atoms with E-state index in [1.165, 1.54) is 5.56 Å². The van der Waals surface area contributed by atoms with Crippen molar-refractivity contribution in [1.29, 1.82) is 0 Å². The summed E-state index contributed by atoms with van der Waals surface area (Å²) in [5, 5.41) is 0. The fourth-order valence-electron chi connectivity index (χ4n) is 3.99. The summed E-state index contributed by atoms with van der Waals surface area (Å²) in [5.41, 5.74) is 4.64. The first-order chi connectivity index (χ1) is 15.9. The lowest BCUT2D eigenvalue weighted by molar-refractivity contribution is 0.298. The highest BCUT2D eigenvalue weighted by Gasteiger charge is 2.14. The molecule has 0 aliphatic rings. The van der Waals surface area contributed by atoms with Gasteiger partial charge in [0.25, 0.3) is 0 Å². The summed E-state index contributed by atoms with van der Waals surface area (Å²) in [6.07, 6.45) is 0.690. The zero-order chi connectivity index (χ0) is 23.4. The van der Waals surface area contributed by atoms with Crippen molar-refractivity contribution in [3.8, 4) is 17.2 Å². The number of aromatic nitrogens is 2. The van der Waals surface area contributed by atoms with Crippen LogP contribution in [0.4, 0.5) is 0 Å². The van der Waals surface area contributed by atoms with E-state index in [9.17, 15) is 0 Å². The van der Waals surface area contributed by atoms with Crippen molar-refractivity contribution in [1.82, 2.24) is 9.55 Å². The number of hydrogen-bond donors (Lipinski definition) is 0. The second kappa shape index (κ2) is 9.57. The van der Waals surface area contributed by atoms with Crippen LogP contribution in [-0.4, -0.2) is 30.4 Å². The summed E-state index contributed by atoms with van der Waals surface area (Å²) < 4.78 is 19.2. The van der Waals surface area contributed by atoms with Gasteiger partial charge in [-0.15, -0.1) is 0 Å². The van der Waals surface area contributed by atoms with E-state index in [1.807, 2.05) is 24.3 Å². The zero-order valence-electron chi connectivity index (χ0n) is 20.1. The average molecular weight is 445 g/mol. The lowest BCUT2D eigenvalue weighted by Gasteiger charge is -2.19. The normalized spacial score (nSPS) is 11.5. The molecule has 0 unspecified atom stereocenters. The number of hydrogen-bond acceptors (Lipinski definition) is 4. The molecule has 1 aromatic heterocycles. The molecule has 0 radical (unpaired) electrons. The third kappa shape index (κ3) is 5.14. The highest BCUT2D eigenvalue weighted by molar-refractivity contribution is 5.76. The number of fused-ring (bicyclic) bond motifs is 1. The summed E-state index contributed by atoms with van der Waals surface area (Å²) in [6.45, 7) is 7.92. The molecule has 33 heavy (non-hydrogen) atoms. The number of rotatable bonds is 8. The van der Waals surface area contributed by atoms with E-state index in [1.54, 1.807) is 14.2 Å². The number of methoxy groups -OCH3 is 2. The van der Waals surface area contributed by atoms with Crippen molar-refractivity contribution in [2.75, 3.05) is 20.8 Å². The SMILES string of the molecule is COc1ccc(Cc2nc3ccccc3n2CCOc2ccc(C(C)(C)C)cc2)cc1OC. The van der Waals surface area contributed by atoms with Crippen molar-refractivity contribution >= 4 is 11.0 Å². The Hall–Kier alpha value is -3.47. The first-order valence-corrected chi connectivity index (χ1v) is 11.3. The third-order valence-electron chi connectivity index (χ3n) is 5.85. The van der Waals surface area contributed by atoms with Gasteiger partial charge in [0.15, 0.2) is 11.5 Å². The van der Waals surface area contributed by atoms with Crippen LogP contribution < -0.4 is 14.2 Å². The number of para-hydroxylation sites is 2. The number of nitrogens with zero attached hydrogens (tertiary/aromatic N) is 2. The van der Waals surface area contributed by atoms with Gasteiger partial charge in [-0.2, -0.15) is 0 Å². The van der Waals surface area contributed by atoms with Crippen LogP contribution in [0, 0.1) is 0 Å². The van der Waals surface area contributed by atoms with Gasteiger partial charge in [0.2, 0.25) is 0 Å². The minimum atomic E-state index is 0.132. The molecule has 0 amide bonds. The molecule has 1 heterocycles. The maximum Gasteiger partial charge on any atom is 0.161 e. The van der Waals surface area contributed by atoms with E-state index in [-0.39, 0.29) is 5.41 Å². The monoisotopic (exact) mass is 444 g/mol. The van der Waals surface area contributed by atoms with Crippen LogP contribution in [0.15, 0.2) is 66.7 Å². The van der Waals surface area contributed by atoms with Crippen LogP contribution in [0.25, 0.3) is 11.0 Å². The van der Waals surface area contributed by atoms with E-state index < -0.39 is 0 Å². The van der Waals surface area contributed by atoms with E-state index in [0.29, 0.717) is 19.6 Å². The predicted molar refractivity (Wildman–Crippen MR) is 133 cm³/mol. The fraction of sp³-hybridized carbons (Fsp3) is 0.321. The number of ether oxygens (including phenoxy) is 3. The molecular weight excluding hydrogens is 412 g/mol. The number of benzene rings is 3. The Labute approximate surface area is 195 Å². The molecule has 0 aliphatic heterocycles. The quantitative estimate of drug-likeness (QED) is 0.333. The maximum absolute atomic E-state index is 6.08. The molecule has 0 saturated carbocycles. The standard InChI is InChI=1S/C28H32N2O3/c1-28(2,3)21-11-13-22(14-12-21)33-17-16-30-24-9-7-6-8-23(24)29-27(30)19-20-10-15-25(31-4)26(18-20)32-5/h6-15,18H,16-17,19H2,1-5H3. The second-order valence-corrected chi connectivity index (χ2v) is 9.16. The predicted octanol–water partition coefficient (Wildman–Crippen LogP) is 6.02. The van der Waals surface area contributed by atoms with Crippen molar-refractivity contribution < 1.29 is 14.2 Å². The van der Waals surface area contributed by atoms with Crippen molar-refractivity contribution in [2.24, 2.45) is 0 Å². The lowest BCUT2D eigenvalue weighted by atomic mass is 9.87. The Morgan fingerprint density at radius 1 is 0.848 bits per heavy atom. The van der Waals surface area contributed by atoms with Crippen molar-refractivity contribution in [3.63, 3.8) is 0 Å². The maximum atomic E-state index is 6.08. The molecule has 3 aromatic carbocycles. The van der Waals surface area contributed by atoms with Gasteiger partial charge in [0.05, 0.1) is 31.8 Å². The Morgan fingerprint density at radius 3 is 2.27 bits per heavy atom. The van der Waals surface area contributed by atoms with Gasteiger partial charge in [-0.3, -0.25) is 0 Å². The Balaban J connectivity index is 1.53. The first kappa shape index (κ1) is 22.7. The minimum Gasteiger partial charge on any atom is -0.493 e. The molecule has 0 saturated heterocycles. The Bertz CT molecular complexity index is 1220. The van der Waals surface area contributed by atoms with E-state index in [4.69, 9.17) is 19.2 Å². The Kier molecular flexibility index (Phi) is 6.59. The lowest BCUT2D eigenvalue weighted by Crippen LogP contribution is -2.12. The summed E-state index contributed by atoms with van der Waals surface area (Å²) >= 11 is 0. The average Bonchev–Trinajstić information content (AvgIpc) is 3.15. The van der Waals surface area contributed by atoms with Gasteiger partial charge >= 0.3 is 0 Å².